The number of aromatic nitrogens is 6. The standard InChI is InChI=1S/C32H28ClN7O3/c1-21-27(19-28(37-36-21)24-10-8-23(9-11-24)17-32(42)43-2)29(16-22-6-4-3-5-7-22)35-31(41)15-12-25-18-26(33)13-14-30(25)40-20-34-38-39-40/h3-15,18-20,29H,16-17H2,1-2H3,(H,35,41)/b15-12+. The maximum Gasteiger partial charge on any atom is 0.309 e. The highest BCUT2D eigenvalue weighted by Crippen LogP contribution is 2.26. The molecule has 2 heterocycles. The second kappa shape index (κ2) is 13.6. The van der Waals surface area contributed by atoms with Gasteiger partial charge in [0.05, 0.1) is 36.6 Å². The number of rotatable bonds is 10. The predicted molar refractivity (Wildman–Crippen MR) is 162 cm³/mol. The largest absolute Gasteiger partial charge is 0.469 e. The van der Waals surface area contributed by atoms with Crippen LogP contribution in [-0.2, 0) is 27.2 Å². The van der Waals surface area contributed by atoms with Crippen molar-refractivity contribution in [2.75, 3.05) is 7.11 Å². The Bertz CT molecular complexity index is 1740. The van der Waals surface area contributed by atoms with Gasteiger partial charge in [0.2, 0.25) is 5.91 Å². The van der Waals surface area contributed by atoms with Crippen LogP contribution in [0.15, 0.2) is 91.3 Å². The number of carbonyl (C=O) groups excluding carboxylic acids is 2. The van der Waals surface area contributed by atoms with E-state index in [1.165, 1.54) is 24.2 Å². The first-order valence-corrected chi connectivity index (χ1v) is 13.8. The van der Waals surface area contributed by atoms with Crippen molar-refractivity contribution >= 4 is 29.6 Å². The number of tetrazole rings is 1. The Hall–Kier alpha value is -5.22. The molecule has 1 unspecified atom stereocenters. The number of esters is 1. The van der Waals surface area contributed by atoms with Crippen molar-refractivity contribution in [2.45, 2.75) is 25.8 Å². The van der Waals surface area contributed by atoms with E-state index in [9.17, 15) is 9.59 Å². The van der Waals surface area contributed by atoms with Gasteiger partial charge in [0.25, 0.3) is 0 Å². The molecule has 0 saturated carbocycles. The van der Waals surface area contributed by atoms with Crippen LogP contribution >= 0.6 is 11.6 Å². The molecule has 10 nitrogen and oxygen atoms in total. The van der Waals surface area contributed by atoms with Crippen LogP contribution < -0.4 is 5.32 Å². The molecule has 0 saturated heterocycles. The molecule has 5 aromatic rings. The molecular formula is C32H28ClN7O3. The van der Waals surface area contributed by atoms with Gasteiger partial charge in [-0.15, -0.1) is 5.10 Å². The zero-order chi connectivity index (χ0) is 30.2. The number of halogens is 1. The Morgan fingerprint density at radius 1 is 1.00 bits per heavy atom. The van der Waals surface area contributed by atoms with Crippen LogP contribution in [-0.4, -0.2) is 49.4 Å². The maximum atomic E-state index is 13.3. The average molecular weight is 594 g/mol. The number of benzene rings is 3. The number of nitrogens with one attached hydrogen (secondary N) is 1. The fourth-order valence-electron chi connectivity index (χ4n) is 4.61. The highest BCUT2D eigenvalue weighted by molar-refractivity contribution is 6.30. The van der Waals surface area contributed by atoms with Crippen molar-refractivity contribution in [3.63, 3.8) is 0 Å². The molecule has 0 radical (unpaired) electrons. The van der Waals surface area contributed by atoms with Crippen molar-refractivity contribution in [3.8, 4) is 16.9 Å². The maximum absolute atomic E-state index is 13.3. The Kier molecular flexibility index (Phi) is 9.28. The average Bonchev–Trinajstić information content (AvgIpc) is 3.56. The molecule has 11 heteroatoms. The Morgan fingerprint density at radius 2 is 1.79 bits per heavy atom. The molecule has 0 spiro atoms. The van der Waals surface area contributed by atoms with E-state index in [-0.39, 0.29) is 18.3 Å². The van der Waals surface area contributed by atoms with E-state index < -0.39 is 6.04 Å². The summed E-state index contributed by atoms with van der Waals surface area (Å²) < 4.78 is 6.26. The minimum atomic E-state index is -0.397. The van der Waals surface area contributed by atoms with Crippen molar-refractivity contribution in [3.05, 3.63) is 124 Å². The molecule has 3 aromatic carbocycles. The quantitative estimate of drug-likeness (QED) is 0.179. The molecular weight excluding hydrogens is 566 g/mol. The summed E-state index contributed by atoms with van der Waals surface area (Å²) in [6.45, 7) is 1.87. The van der Waals surface area contributed by atoms with Gasteiger partial charge in [-0.2, -0.15) is 14.9 Å². The number of amides is 1. The minimum absolute atomic E-state index is 0.187. The highest BCUT2D eigenvalue weighted by atomic mass is 35.5. The summed E-state index contributed by atoms with van der Waals surface area (Å²) in [5.41, 5.74) is 6.27. The predicted octanol–water partition coefficient (Wildman–Crippen LogP) is 4.91. The normalized spacial score (nSPS) is 11.8. The molecule has 43 heavy (non-hydrogen) atoms. The van der Waals surface area contributed by atoms with E-state index in [0.29, 0.717) is 34.1 Å². The first-order valence-electron chi connectivity index (χ1n) is 13.5. The third kappa shape index (κ3) is 7.55. The lowest BCUT2D eigenvalue weighted by Gasteiger charge is -2.21. The van der Waals surface area contributed by atoms with Crippen LogP contribution in [0.5, 0.6) is 0 Å². The van der Waals surface area contributed by atoms with Gasteiger partial charge in [-0.25, -0.2) is 0 Å². The van der Waals surface area contributed by atoms with Crippen molar-refractivity contribution in [1.29, 1.82) is 0 Å². The summed E-state index contributed by atoms with van der Waals surface area (Å²) in [5.74, 6) is -0.603. The number of hydrogen-bond donors (Lipinski definition) is 1. The minimum Gasteiger partial charge on any atom is -0.469 e. The number of ether oxygens (including phenoxy) is 1. The van der Waals surface area contributed by atoms with Crippen LogP contribution in [0.25, 0.3) is 23.0 Å². The van der Waals surface area contributed by atoms with Gasteiger partial charge >= 0.3 is 5.97 Å². The smallest absolute Gasteiger partial charge is 0.309 e. The van der Waals surface area contributed by atoms with E-state index in [1.54, 1.807) is 24.3 Å². The lowest BCUT2D eigenvalue weighted by molar-refractivity contribution is -0.139. The second-order valence-electron chi connectivity index (χ2n) is 9.76. The molecule has 0 aliphatic heterocycles. The van der Waals surface area contributed by atoms with Gasteiger partial charge in [-0.05, 0) is 65.2 Å². The molecule has 5 rings (SSSR count). The van der Waals surface area contributed by atoms with Crippen LogP contribution in [0.4, 0.5) is 0 Å². The summed E-state index contributed by atoms with van der Waals surface area (Å²) in [5, 5.41) is 23.8. The van der Waals surface area contributed by atoms with Gasteiger partial charge in [0.15, 0.2) is 0 Å². The summed E-state index contributed by atoms with van der Waals surface area (Å²) in [4.78, 5) is 25.0. The third-order valence-electron chi connectivity index (χ3n) is 6.82. The first kappa shape index (κ1) is 29.3. The highest BCUT2D eigenvalue weighted by Gasteiger charge is 2.19. The number of methoxy groups -OCH3 is 1. The number of hydrogen-bond acceptors (Lipinski definition) is 8. The molecule has 2 aromatic heterocycles. The molecule has 0 bridgehead atoms. The number of carbonyl (C=O) groups is 2. The van der Waals surface area contributed by atoms with Crippen LogP contribution in [0.1, 0.15) is 34.0 Å². The summed E-state index contributed by atoms with van der Waals surface area (Å²) in [7, 11) is 1.37. The monoisotopic (exact) mass is 593 g/mol. The van der Waals surface area contributed by atoms with Crippen molar-refractivity contribution in [1.82, 2.24) is 35.7 Å². The third-order valence-corrected chi connectivity index (χ3v) is 7.05. The number of aryl methyl sites for hydroxylation is 1. The molecule has 0 aliphatic rings. The van der Waals surface area contributed by atoms with Crippen LogP contribution in [0.2, 0.25) is 5.02 Å². The van der Waals surface area contributed by atoms with Gasteiger partial charge in [-0.1, -0.05) is 66.2 Å². The van der Waals surface area contributed by atoms with E-state index in [4.69, 9.17) is 16.3 Å². The molecule has 1 N–H and O–H groups in total. The fraction of sp³-hybridized carbons (Fsp3) is 0.156. The SMILES string of the molecule is COC(=O)Cc1ccc(-c2cc(C(Cc3ccccc3)NC(=O)/C=C/c3cc(Cl)ccc3-n3cnnn3)c(C)nn2)cc1. The summed E-state index contributed by atoms with van der Waals surface area (Å²) in [6.07, 6.45) is 5.34. The molecule has 0 fully saturated rings. The van der Waals surface area contributed by atoms with E-state index in [1.807, 2.05) is 67.6 Å². The zero-order valence-electron chi connectivity index (χ0n) is 23.5. The number of nitrogens with zero attached hydrogens (tertiary/aromatic N) is 6. The molecule has 216 valence electrons. The fourth-order valence-corrected chi connectivity index (χ4v) is 4.79. The van der Waals surface area contributed by atoms with E-state index in [0.717, 1.165) is 22.3 Å². The van der Waals surface area contributed by atoms with Gasteiger partial charge < -0.3 is 10.1 Å². The van der Waals surface area contributed by atoms with E-state index >= 15 is 0 Å². The molecule has 1 amide bonds. The van der Waals surface area contributed by atoms with Crippen LogP contribution in [0, 0.1) is 6.92 Å². The molecule has 1 atom stereocenters. The lowest BCUT2D eigenvalue weighted by Crippen LogP contribution is -2.29. The summed E-state index contributed by atoms with van der Waals surface area (Å²) in [6, 6.07) is 24.2. The van der Waals surface area contributed by atoms with E-state index in [2.05, 4.69) is 31.0 Å². The van der Waals surface area contributed by atoms with Crippen molar-refractivity contribution < 1.29 is 14.3 Å². The topological polar surface area (TPSA) is 125 Å². The van der Waals surface area contributed by atoms with Gasteiger partial charge in [0, 0.05) is 27.8 Å². The Labute approximate surface area is 253 Å². The first-order chi connectivity index (χ1) is 20.9. The Morgan fingerprint density at radius 3 is 2.51 bits per heavy atom. The van der Waals surface area contributed by atoms with Gasteiger partial charge in [-0.3, -0.25) is 9.59 Å². The molecule has 0 aliphatic carbocycles. The summed E-state index contributed by atoms with van der Waals surface area (Å²) >= 11 is 6.24. The zero-order valence-corrected chi connectivity index (χ0v) is 24.3. The van der Waals surface area contributed by atoms with Crippen molar-refractivity contribution in [2.24, 2.45) is 0 Å². The lowest BCUT2D eigenvalue weighted by atomic mass is 9.96. The second-order valence-corrected chi connectivity index (χ2v) is 10.2. The van der Waals surface area contributed by atoms with Crippen LogP contribution in [0.3, 0.4) is 0 Å². The van der Waals surface area contributed by atoms with Gasteiger partial charge in [0.1, 0.15) is 6.33 Å². The Balaban J connectivity index is 1.42.